The maximum Gasteiger partial charge on any atom is 0.400 e. The van der Waals surface area contributed by atoms with Gasteiger partial charge in [-0.05, 0) is 50.9 Å². The Bertz CT molecular complexity index is 1980. The third-order valence-corrected chi connectivity index (χ3v) is 7.65. The fourth-order valence-corrected chi connectivity index (χ4v) is 5.91. The van der Waals surface area contributed by atoms with Crippen LogP contribution in [0, 0.1) is 15.9 Å². The van der Waals surface area contributed by atoms with E-state index in [1.54, 1.807) is 18.5 Å². The van der Waals surface area contributed by atoms with E-state index in [4.69, 9.17) is 4.98 Å². The molecule has 0 amide bonds. The second-order valence-electron chi connectivity index (χ2n) is 9.86. The Kier molecular flexibility index (Phi) is 6.01. The van der Waals surface area contributed by atoms with Gasteiger partial charge in [-0.25, -0.2) is 4.98 Å². The minimum absolute atomic E-state index is 0.00161. The van der Waals surface area contributed by atoms with Crippen molar-refractivity contribution >= 4 is 27.8 Å². The first-order valence-corrected chi connectivity index (χ1v) is 13.3. The molecule has 202 valence electrons. The summed E-state index contributed by atoms with van der Waals surface area (Å²) in [5, 5.41) is 13.2. The molecule has 7 rings (SSSR count). The van der Waals surface area contributed by atoms with E-state index >= 15 is 4.39 Å². The summed E-state index contributed by atoms with van der Waals surface area (Å²) in [5.74, 6) is -1.87. The van der Waals surface area contributed by atoms with Crippen molar-refractivity contribution in [3.8, 4) is 11.3 Å². The molecule has 0 unspecified atom stereocenters. The average molecular weight is 552 g/mol. The topological polar surface area (TPSA) is 86.7 Å². The number of nitrogens with zero attached hydrogens (tertiary/aromatic N) is 5. The SMILES string of the molecule is O=[N+]([O-])c1nccc(-c2ccc3c4cnccc4n(C(c4ccccc4)(c4ccccc4)c4ccccc4)c3n2)c1F. The Morgan fingerprint density at radius 3 is 1.88 bits per heavy atom. The van der Waals surface area contributed by atoms with Crippen molar-refractivity contribution in [1.29, 1.82) is 0 Å². The van der Waals surface area contributed by atoms with Crippen LogP contribution >= 0.6 is 0 Å². The van der Waals surface area contributed by atoms with Crippen molar-refractivity contribution < 1.29 is 9.31 Å². The minimum Gasteiger partial charge on any atom is -0.358 e. The molecule has 0 fully saturated rings. The smallest absolute Gasteiger partial charge is 0.358 e. The van der Waals surface area contributed by atoms with Crippen molar-refractivity contribution in [1.82, 2.24) is 19.5 Å². The van der Waals surface area contributed by atoms with E-state index in [9.17, 15) is 10.1 Å². The number of halogens is 1. The molecular formula is C34H22FN5O2. The molecule has 42 heavy (non-hydrogen) atoms. The summed E-state index contributed by atoms with van der Waals surface area (Å²) in [6, 6.07) is 37.5. The van der Waals surface area contributed by atoms with Crippen molar-refractivity contribution in [3.05, 3.63) is 166 Å². The van der Waals surface area contributed by atoms with Crippen LogP contribution in [0.3, 0.4) is 0 Å². The molecule has 3 aromatic carbocycles. The fourth-order valence-electron chi connectivity index (χ4n) is 5.91. The van der Waals surface area contributed by atoms with Gasteiger partial charge >= 0.3 is 5.82 Å². The third-order valence-electron chi connectivity index (χ3n) is 7.65. The summed E-state index contributed by atoms with van der Waals surface area (Å²) >= 11 is 0. The predicted molar refractivity (Wildman–Crippen MR) is 159 cm³/mol. The molecule has 0 N–H and O–H groups in total. The Hall–Kier alpha value is -5.76. The molecule has 0 saturated carbocycles. The number of rotatable bonds is 6. The first-order chi connectivity index (χ1) is 20.6. The number of hydrogen-bond donors (Lipinski definition) is 0. The van der Waals surface area contributed by atoms with Gasteiger partial charge in [-0.1, -0.05) is 91.0 Å². The molecular weight excluding hydrogens is 529 g/mol. The van der Waals surface area contributed by atoms with E-state index in [0.717, 1.165) is 33.0 Å². The van der Waals surface area contributed by atoms with Crippen LogP contribution in [0.4, 0.5) is 10.2 Å². The maximum absolute atomic E-state index is 15.4. The molecule has 4 heterocycles. The molecule has 4 aromatic heterocycles. The summed E-state index contributed by atoms with van der Waals surface area (Å²) in [4.78, 5) is 23.7. The summed E-state index contributed by atoms with van der Waals surface area (Å²) < 4.78 is 17.6. The molecule has 7 nitrogen and oxygen atoms in total. The van der Waals surface area contributed by atoms with Gasteiger partial charge in [0.25, 0.3) is 0 Å². The number of aromatic nitrogens is 4. The van der Waals surface area contributed by atoms with E-state index in [1.807, 2.05) is 66.7 Å². The van der Waals surface area contributed by atoms with E-state index in [-0.39, 0.29) is 11.3 Å². The second kappa shape index (κ2) is 10.0. The van der Waals surface area contributed by atoms with Crippen LogP contribution in [0.2, 0.25) is 0 Å². The Labute approximate surface area is 239 Å². The van der Waals surface area contributed by atoms with Crippen LogP contribution < -0.4 is 0 Å². The highest BCUT2D eigenvalue weighted by atomic mass is 19.1. The highest BCUT2D eigenvalue weighted by molar-refractivity contribution is 6.07. The van der Waals surface area contributed by atoms with E-state index in [0.29, 0.717) is 5.65 Å². The first-order valence-electron chi connectivity index (χ1n) is 13.3. The second-order valence-corrected chi connectivity index (χ2v) is 9.86. The monoisotopic (exact) mass is 551 g/mol. The van der Waals surface area contributed by atoms with Gasteiger partial charge in [0.1, 0.15) is 17.4 Å². The van der Waals surface area contributed by atoms with Crippen LogP contribution in [0.1, 0.15) is 16.7 Å². The third kappa shape index (κ3) is 3.77. The average Bonchev–Trinajstić information content (AvgIpc) is 3.37. The van der Waals surface area contributed by atoms with Gasteiger partial charge in [0, 0.05) is 28.7 Å². The summed E-state index contributed by atoms with van der Waals surface area (Å²) in [6.45, 7) is 0. The van der Waals surface area contributed by atoms with Gasteiger partial charge in [0.15, 0.2) is 0 Å². The molecule has 0 spiro atoms. The van der Waals surface area contributed by atoms with E-state index in [1.165, 1.54) is 12.3 Å². The Morgan fingerprint density at radius 2 is 1.31 bits per heavy atom. The molecule has 8 heteroatoms. The number of hydrogen-bond acceptors (Lipinski definition) is 5. The Balaban J connectivity index is 1.67. The molecule has 0 radical (unpaired) electrons. The van der Waals surface area contributed by atoms with Crippen molar-refractivity contribution in [2.24, 2.45) is 0 Å². The highest BCUT2D eigenvalue weighted by Crippen LogP contribution is 2.46. The van der Waals surface area contributed by atoms with E-state index in [2.05, 4.69) is 50.9 Å². The van der Waals surface area contributed by atoms with Crippen LogP contribution in [-0.2, 0) is 5.54 Å². The van der Waals surface area contributed by atoms with Gasteiger partial charge in [-0.3, -0.25) is 4.98 Å². The van der Waals surface area contributed by atoms with Crippen LogP contribution in [-0.4, -0.2) is 24.4 Å². The van der Waals surface area contributed by atoms with E-state index < -0.39 is 22.1 Å². The lowest BCUT2D eigenvalue weighted by Crippen LogP contribution is -2.37. The largest absolute Gasteiger partial charge is 0.400 e. The van der Waals surface area contributed by atoms with Gasteiger partial charge < -0.3 is 14.7 Å². The lowest BCUT2D eigenvalue weighted by Gasteiger charge is -2.38. The number of nitro groups is 1. The summed E-state index contributed by atoms with van der Waals surface area (Å²) in [5.41, 5.74) is 3.79. The van der Waals surface area contributed by atoms with Crippen LogP contribution in [0.25, 0.3) is 33.2 Å². The maximum atomic E-state index is 15.4. The quantitative estimate of drug-likeness (QED) is 0.121. The van der Waals surface area contributed by atoms with Crippen molar-refractivity contribution in [2.75, 3.05) is 0 Å². The zero-order chi connectivity index (χ0) is 28.7. The van der Waals surface area contributed by atoms with Crippen LogP contribution in [0.5, 0.6) is 0 Å². The number of fused-ring (bicyclic) bond motifs is 3. The fraction of sp³-hybridized carbons (Fsp3) is 0.0294. The molecule has 0 aliphatic heterocycles. The van der Waals surface area contributed by atoms with Gasteiger partial charge in [0.2, 0.25) is 5.82 Å². The lowest BCUT2D eigenvalue weighted by molar-refractivity contribution is -0.392. The highest BCUT2D eigenvalue weighted by Gasteiger charge is 2.41. The normalized spacial score (nSPS) is 11.6. The Morgan fingerprint density at radius 1 is 0.714 bits per heavy atom. The molecule has 0 aliphatic rings. The predicted octanol–water partition coefficient (Wildman–Crippen LogP) is 7.53. The summed E-state index contributed by atoms with van der Waals surface area (Å²) in [6.07, 6.45) is 4.78. The zero-order valence-corrected chi connectivity index (χ0v) is 22.1. The number of benzene rings is 3. The summed E-state index contributed by atoms with van der Waals surface area (Å²) in [7, 11) is 0. The zero-order valence-electron chi connectivity index (χ0n) is 22.1. The molecule has 7 aromatic rings. The lowest BCUT2D eigenvalue weighted by atomic mass is 9.76. The molecule has 0 bridgehead atoms. The first kappa shape index (κ1) is 25.2. The molecule has 0 saturated heterocycles. The van der Waals surface area contributed by atoms with Gasteiger partial charge in [-0.2, -0.15) is 4.39 Å². The van der Waals surface area contributed by atoms with Gasteiger partial charge in [0.05, 0.1) is 11.2 Å². The standard InChI is InChI=1S/C34H22FN5O2/c35-31-27(18-21-37-33(31)40(41)42)29-17-16-26-28-22-36-20-19-30(28)39(32(26)38-29)34(23-10-4-1-5-11-23,24-12-6-2-7-13-24)25-14-8-3-9-15-25/h1-22H. The van der Waals surface area contributed by atoms with Crippen molar-refractivity contribution in [2.45, 2.75) is 5.54 Å². The van der Waals surface area contributed by atoms with Crippen molar-refractivity contribution in [3.63, 3.8) is 0 Å². The number of pyridine rings is 3. The van der Waals surface area contributed by atoms with Gasteiger partial charge in [-0.15, -0.1) is 0 Å². The van der Waals surface area contributed by atoms with Crippen LogP contribution in [0.15, 0.2) is 134 Å². The minimum atomic E-state index is -1.03. The molecule has 0 atom stereocenters. The molecule has 0 aliphatic carbocycles.